The zero-order valence-corrected chi connectivity index (χ0v) is 14.6. The van der Waals surface area contributed by atoms with Crippen LogP contribution in [0.25, 0.3) is 10.8 Å². The quantitative estimate of drug-likeness (QED) is 0.869. The predicted molar refractivity (Wildman–Crippen MR) is 102 cm³/mol. The van der Waals surface area contributed by atoms with E-state index in [4.69, 9.17) is 12.2 Å². The highest BCUT2D eigenvalue weighted by Crippen LogP contribution is 2.20. The minimum absolute atomic E-state index is 0.914. The van der Waals surface area contributed by atoms with E-state index in [1.165, 1.54) is 16.3 Å². The summed E-state index contributed by atoms with van der Waals surface area (Å²) >= 11 is 5.47. The number of fused-ring (bicyclic) bond motifs is 1. The first kappa shape index (κ1) is 16.2. The molecule has 0 spiro atoms. The Morgan fingerprint density at radius 2 is 1.78 bits per heavy atom. The maximum atomic E-state index is 5.47. The first-order valence-electron chi connectivity index (χ1n) is 8.49. The second kappa shape index (κ2) is 7.75. The SMILES string of the molecule is CCCNC(=S)N1CCN(Cc2cccc3ccccc23)CC1. The van der Waals surface area contributed by atoms with E-state index in [-0.39, 0.29) is 0 Å². The van der Waals surface area contributed by atoms with E-state index in [1.807, 2.05) is 0 Å². The summed E-state index contributed by atoms with van der Waals surface area (Å²) in [7, 11) is 0. The van der Waals surface area contributed by atoms with Gasteiger partial charge in [0.1, 0.15) is 0 Å². The third-order valence-electron chi connectivity index (χ3n) is 4.46. The predicted octanol–water partition coefficient (Wildman–Crippen LogP) is 3.24. The van der Waals surface area contributed by atoms with Gasteiger partial charge in [-0.3, -0.25) is 4.90 Å². The summed E-state index contributed by atoms with van der Waals surface area (Å²) in [6, 6.07) is 15.3. The van der Waals surface area contributed by atoms with E-state index in [0.717, 1.165) is 50.8 Å². The number of rotatable bonds is 4. The lowest BCUT2D eigenvalue weighted by molar-refractivity contribution is 0.175. The molecule has 0 saturated carbocycles. The third-order valence-corrected chi connectivity index (χ3v) is 4.86. The van der Waals surface area contributed by atoms with Gasteiger partial charge >= 0.3 is 0 Å². The Hall–Kier alpha value is -1.65. The average molecular weight is 327 g/mol. The van der Waals surface area contributed by atoms with Crippen molar-refractivity contribution in [2.24, 2.45) is 0 Å². The molecule has 1 N–H and O–H groups in total. The molecule has 3 nitrogen and oxygen atoms in total. The van der Waals surface area contributed by atoms with Crippen molar-refractivity contribution in [2.45, 2.75) is 19.9 Å². The Bertz CT molecular complexity index is 657. The topological polar surface area (TPSA) is 18.5 Å². The van der Waals surface area contributed by atoms with Gasteiger partial charge in [0, 0.05) is 39.3 Å². The third kappa shape index (κ3) is 4.01. The van der Waals surface area contributed by atoms with Gasteiger partial charge in [-0.25, -0.2) is 0 Å². The number of benzene rings is 2. The molecule has 1 aliphatic heterocycles. The summed E-state index contributed by atoms with van der Waals surface area (Å²) in [6.07, 6.45) is 1.11. The zero-order valence-electron chi connectivity index (χ0n) is 13.8. The van der Waals surface area contributed by atoms with Crippen molar-refractivity contribution in [2.75, 3.05) is 32.7 Å². The lowest BCUT2D eigenvalue weighted by Crippen LogP contribution is -2.51. The molecule has 2 aromatic carbocycles. The van der Waals surface area contributed by atoms with Crippen LogP contribution < -0.4 is 5.32 Å². The molecule has 0 bridgehead atoms. The molecule has 0 aromatic heterocycles. The largest absolute Gasteiger partial charge is 0.363 e. The van der Waals surface area contributed by atoms with Gasteiger partial charge < -0.3 is 10.2 Å². The normalized spacial score (nSPS) is 15.8. The van der Waals surface area contributed by atoms with Gasteiger partial charge in [-0.2, -0.15) is 0 Å². The molecule has 1 aliphatic rings. The smallest absolute Gasteiger partial charge is 0.169 e. The second-order valence-electron chi connectivity index (χ2n) is 6.13. The van der Waals surface area contributed by atoms with Crippen molar-refractivity contribution < 1.29 is 0 Å². The van der Waals surface area contributed by atoms with Gasteiger partial charge in [-0.1, -0.05) is 49.4 Å². The Kier molecular flexibility index (Phi) is 5.47. The van der Waals surface area contributed by atoms with Gasteiger partial charge in [0.2, 0.25) is 0 Å². The monoisotopic (exact) mass is 327 g/mol. The van der Waals surface area contributed by atoms with Crippen LogP contribution in [0.15, 0.2) is 42.5 Å². The van der Waals surface area contributed by atoms with Crippen molar-refractivity contribution in [3.63, 3.8) is 0 Å². The highest BCUT2D eigenvalue weighted by Gasteiger charge is 2.19. The highest BCUT2D eigenvalue weighted by atomic mass is 32.1. The number of hydrogen-bond donors (Lipinski definition) is 1. The van der Waals surface area contributed by atoms with E-state index in [0.29, 0.717) is 0 Å². The summed E-state index contributed by atoms with van der Waals surface area (Å²) in [5, 5.41) is 6.94. The first-order valence-corrected chi connectivity index (χ1v) is 8.90. The van der Waals surface area contributed by atoms with Gasteiger partial charge in [-0.05, 0) is 35.0 Å². The number of thiocarbonyl (C=S) groups is 1. The molecule has 0 atom stereocenters. The fourth-order valence-corrected chi connectivity index (χ4v) is 3.41. The number of hydrogen-bond acceptors (Lipinski definition) is 2. The van der Waals surface area contributed by atoms with E-state index in [1.54, 1.807) is 0 Å². The van der Waals surface area contributed by atoms with Crippen LogP contribution in [0.2, 0.25) is 0 Å². The van der Waals surface area contributed by atoms with Crippen LogP contribution in [0.5, 0.6) is 0 Å². The van der Waals surface area contributed by atoms with Crippen molar-refractivity contribution in [1.82, 2.24) is 15.1 Å². The van der Waals surface area contributed by atoms with E-state index in [2.05, 4.69) is 64.5 Å². The highest BCUT2D eigenvalue weighted by molar-refractivity contribution is 7.80. The van der Waals surface area contributed by atoms with Crippen molar-refractivity contribution in [3.8, 4) is 0 Å². The van der Waals surface area contributed by atoms with Crippen molar-refractivity contribution >= 4 is 28.1 Å². The summed E-state index contributed by atoms with van der Waals surface area (Å²) in [5.74, 6) is 0. The fourth-order valence-electron chi connectivity index (χ4n) is 3.12. The Balaban J connectivity index is 1.59. The van der Waals surface area contributed by atoms with Crippen LogP contribution in [0.3, 0.4) is 0 Å². The molecular formula is C19H25N3S. The lowest BCUT2D eigenvalue weighted by Gasteiger charge is -2.36. The minimum atomic E-state index is 0.914. The molecule has 0 aliphatic carbocycles. The maximum absolute atomic E-state index is 5.47. The molecule has 0 radical (unpaired) electrons. The Labute approximate surface area is 144 Å². The number of piperazine rings is 1. The number of nitrogens with zero attached hydrogens (tertiary/aromatic N) is 2. The molecule has 0 amide bonds. The molecule has 1 saturated heterocycles. The Morgan fingerprint density at radius 1 is 1.04 bits per heavy atom. The van der Waals surface area contributed by atoms with Crippen LogP contribution in [0.4, 0.5) is 0 Å². The maximum Gasteiger partial charge on any atom is 0.169 e. The molecule has 2 aromatic rings. The van der Waals surface area contributed by atoms with E-state index >= 15 is 0 Å². The van der Waals surface area contributed by atoms with Crippen LogP contribution in [0.1, 0.15) is 18.9 Å². The fraction of sp³-hybridized carbons (Fsp3) is 0.421. The summed E-state index contributed by atoms with van der Waals surface area (Å²) in [5.41, 5.74) is 1.42. The van der Waals surface area contributed by atoms with Crippen LogP contribution in [-0.4, -0.2) is 47.6 Å². The van der Waals surface area contributed by atoms with Gasteiger partial charge in [0.25, 0.3) is 0 Å². The summed E-state index contributed by atoms with van der Waals surface area (Å²) < 4.78 is 0. The lowest BCUT2D eigenvalue weighted by atomic mass is 10.0. The molecule has 23 heavy (non-hydrogen) atoms. The molecule has 0 unspecified atom stereocenters. The van der Waals surface area contributed by atoms with Crippen molar-refractivity contribution in [1.29, 1.82) is 0 Å². The summed E-state index contributed by atoms with van der Waals surface area (Å²) in [6.45, 7) is 8.31. The average Bonchev–Trinajstić information content (AvgIpc) is 2.60. The zero-order chi connectivity index (χ0) is 16.1. The molecule has 122 valence electrons. The standard InChI is InChI=1S/C19H25N3S/c1-2-10-20-19(23)22-13-11-21(12-14-22)15-17-8-5-7-16-6-3-4-9-18(16)17/h3-9H,2,10-15H2,1H3,(H,20,23). The van der Waals surface area contributed by atoms with E-state index in [9.17, 15) is 0 Å². The first-order chi connectivity index (χ1) is 11.3. The van der Waals surface area contributed by atoms with E-state index < -0.39 is 0 Å². The van der Waals surface area contributed by atoms with Gasteiger partial charge in [0.05, 0.1) is 0 Å². The molecular weight excluding hydrogens is 302 g/mol. The number of nitrogens with one attached hydrogen (secondary N) is 1. The second-order valence-corrected chi connectivity index (χ2v) is 6.52. The van der Waals surface area contributed by atoms with Crippen LogP contribution in [0, 0.1) is 0 Å². The molecule has 3 rings (SSSR count). The van der Waals surface area contributed by atoms with Crippen molar-refractivity contribution in [3.05, 3.63) is 48.0 Å². The molecule has 1 fully saturated rings. The molecule has 4 heteroatoms. The molecule has 1 heterocycles. The minimum Gasteiger partial charge on any atom is -0.363 e. The van der Waals surface area contributed by atoms with Gasteiger partial charge in [-0.15, -0.1) is 0 Å². The van der Waals surface area contributed by atoms with Crippen LogP contribution >= 0.6 is 12.2 Å². The summed E-state index contributed by atoms with van der Waals surface area (Å²) in [4.78, 5) is 4.82. The van der Waals surface area contributed by atoms with Gasteiger partial charge in [0.15, 0.2) is 5.11 Å². The Morgan fingerprint density at radius 3 is 2.57 bits per heavy atom. The van der Waals surface area contributed by atoms with Crippen LogP contribution in [-0.2, 0) is 6.54 Å².